The Hall–Kier alpha value is -1.97. The molecule has 0 aliphatic carbocycles. The molecule has 0 bridgehead atoms. The minimum absolute atomic E-state index is 0.0337. The minimum atomic E-state index is -0.111. The van der Waals surface area contributed by atoms with Crippen molar-refractivity contribution in [2.45, 2.75) is 52.0 Å². The molecule has 5 heteroatoms. The molecule has 0 spiro atoms. The first-order valence-electron chi connectivity index (χ1n) is 9.77. The van der Waals surface area contributed by atoms with Crippen LogP contribution in [0.2, 0.25) is 10.0 Å². The fourth-order valence-corrected chi connectivity index (χ4v) is 3.89. The van der Waals surface area contributed by atoms with Gasteiger partial charge in [0.05, 0.1) is 10.0 Å². The Kier molecular flexibility index (Phi) is 6.69. The van der Waals surface area contributed by atoms with E-state index in [-0.39, 0.29) is 17.9 Å². The van der Waals surface area contributed by atoms with E-state index in [2.05, 4.69) is 42.3 Å². The summed E-state index contributed by atoms with van der Waals surface area (Å²) in [5.41, 5.74) is 4.48. The Morgan fingerprint density at radius 3 is 2.61 bits per heavy atom. The van der Waals surface area contributed by atoms with Crippen LogP contribution in [0.15, 0.2) is 42.6 Å². The highest BCUT2D eigenvalue weighted by Crippen LogP contribution is 2.36. The van der Waals surface area contributed by atoms with Crippen molar-refractivity contribution < 1.29 is 4.79 Å². The molecule has 0 aliphatic heterocycles. The fraction of sp³-hybridized carbons (Fsp3) is 0.348. The topological polar surface area (TPSA) is 44.9 Å². The molecule has 1 heterocycles. The summed E-state index contributed by atoms with van der Waals surface area (Å²) in [5.74, 6) is -0.0777. The molecule has 148 valence electrons. The van der Waals surface area contributed by atoms with Gasteiger partial charge in [-0.2, -0.15) is 0 Å². The summed E-state index contributed by atoms with van der Waals surface area (Å²) >= 11 is 12.4. The number of para-hydroxylation sites is 1. The number of aromatic nitrogens is 1. The molecule has 3 nitrogen and oxygen atoms in total. The quantitative estimate of drug-likeness (QED) is 0.454. The summed E-state index contributed by atoms with van der Waals surface area (Å²) < 4.78 is 0. The SMILES string of the molecule is CCc1cccc2c([C@@H](CC(=O)N[C@@H](C)CC)c3ccc(Cl)c(Cl)c3)c[nH]c12. The van der Waals surface area contributed by atoms with E-state index in [0.29, 0.717) is 16.5 Å². The number of rotatable bonds is 7. The Bertz CT molecular complexity index is 980. The van der Waals surface area contributed by atoms with Gasteiger partial charge in [0.25, 0.3) is 0 Å². The predicted octanol–water partition coefficient (Wildman–Crippen LogP) is 6.47. The van der Waals surface area contributed by atoms with Crippen LogP contribution in [-0.4, -0.2) is 16.9 Å². The van der Waals surface area contributed by atoms with Crippen LogP contribution in [0.4, 0.5) is 0 Å². The van der Waals surface area contributed by atoms with Gasteiger partial charge < -0.3 is 10.3 Å². The molecule has 2 aromatic carbocycles. The van der Waals surface area contributed by atoms with Crippen molar-refractivity contribution in [1.82, 2.24) is 10.3 Å². The van der Waals surface area contributed by atoms with E-state index >= 15 is 0 Å². The van der Waals surface area contributed by atoms with E-state index in [1.165, 1.54) is 5.56 Å². The third-order valence-corrected chi connectivity index (χ3v) is 6.08. The molecule has 0 unspecified atom stereocenters. The second kappa shape index (κ2) is 9.02. The summed E-state index contributed by atoms with van der Waals surface area (Å²) in [4.78, 5) is 16.1. The average Bonchev–Trinajstić information content (AvgIpc) is 3.12. The maximum absolute atomic E-state index is 12.7. The van der Waals surface area contributed by atoms with E-state index in [9.17, 15) is 4.79 Å². The first kappa shape index (κ1) is 20.8. The number of hydrogen-bond donors (Lipinski definition) is 2. The van der Waals surface area contributed by atoms with Gasteiger partial charge in [-0.25, -0.2) is 0 Å². The van der Waals surface area contributed by atoms with Crippen molar-refractivity contribution in [2.75, 3.05) is 0 Å². The van der Waals surface area contributed by atoms with E-state index in [1.807, 2.05) is 25.3 Å². The van der Waals surface area contributed by atoms with E-state index in [4.69, 9.17) is 23.2 Å². The van der Waals surface area contributed by atoms with Gasteiger partial charge in [0.1, 0.15) is 0 Å². The second-order valence-corrected chi connectivity index (χ2v) is 8.06. The molecule has 0 fully saturated rings. The Morgan fingerprint density at radius 2 is 1.93 bits per heavy atom. The van der Waals surface area contributed by atoms with Crippen LogP contribution in [0.5, 0.6) is 0 Å². The van der Waals surface area contributed by atoms with Gasteiger partial charge in [-0.3, -0.25) is 4.79 Å². The van der Waals surface area contributed by atoms with Gasteiger partial charge in [0, 0.05) is 35.5 Å². The predicted molar refractivity (Wildman–Crippen MR) is 118 cm³/mol. The third kappa shape index (κ3) is 4.37. The highest BCUT2D eigenvalue weighted by atomic mass is 35.5. The minimum Gasteiger partial charge on any atom is -0.361 e. The number of carbonyl (C=O) groups is 1. The Balaban J connectivity index is 2.06. The number of aromatic amines is 1. The normalized spacial score (nSPS) is 13.5. The number of carbonyl (C=O) groups excluding carboxylic acids is 1. The van der Waals surface area contributed by atoms with Crippen molar-refractivity contribution in [3.8, 4) is 0 Å². The van der Waals surface area contributed by atoms with Gasteiger partial charge in [0.15, 0.2) is 0 Å². The summed E-state index contributed by atoms with van der Waals surface area (Å²) in [5, 5.41) is 5.24. The van der Waals surface area contributed by atoms with Gasteiger partial charge in [-0.05, 0) is 48.6 Å². The molecule has 3 rings (SSSR count). The first-order valence-corrected chi connectivity index (χ1v) is 10.5. The Morgan fingerprint density at radius 1 is 1.14 bits per heavy atom. The lowest BCUT2D eigenvalue weighted by atomic mass is 9.87. The number of fused-ring (bicyclic) bond motifs is 1. The van der Waals surface area contributed by atoms with Crippen LogP contribution >= 0.6 is 23.2 Å². The molecule has 2 atom stereocenters. The summed E-state index contributed by atoms with van der Waals surface area (Å²) in [6, 6.07) is 12.1. The summed E-state index contributed by atoms with van der Waals surface area (Å²) in [6.45, 7) is 6.23. The van der Waals surface area contributed by atoms with E-state index in [1.54, 1.807) is 6.07 Å². The van der Waals surface area contributed by atoms with Crippen LogP contribution in [0.3, 0.4) is 0 Å². The lowest BCUT2D eigenvalue weighted by Gasteiger charge is -2.19. The molecule has 1 amide bonds. The highest BCUT2D eigenvalue weighted by molar-refractivity contribution is 6.42. The number of aryl methyl sites for hydroxylation is 1. The molecule has 28 heavy (non-hydrogen) atoms. The molecule has 0 saturated heterocycles. The number of amides is 1. The lowest BCUT2D eigenvalue weighted by Crippen LogP contribution is -2.33. The zero-order chi connectivity index (χ0) is 20.3. The van der Waals surface area contributed by atoms with Crippen molar-refractivity contribution in [1.29, 1.82) is 0 Å². The zero-order valence-corrected chi connectivity index (χ0v) is 18.0. The van der Waals surface area contributed by atoms with Crippen molar-refractivity contribution in [2.24, 2.45) is 0 Å². The second-order valence-electron chi connectivity index (χ2n) is 7.24. The van der Waals surface area contributed by atoms with Crippen LogP contribution in [0.1, 0.15) is 56.2 Å². The van der Waals surface area contributed by atoms with Crippen LogP contribution in [-0.2, 0) is 11.2 Å². The van der Waals surface area contributed by atoms with Gasteiger partial charge in [0.2, 0.25) is 5.91 Å². The van der Waals surface area contributed by atoms with Gasteiger partial charge >= 0.3 is 0 Å². The molecule has 0 aliphatic rings. The molecule has 0 radical (unpaired) electrons. The number of hydrogen-bond acceptors (Lipinski definition) is 1. The molecular formula is C23H26Cl2N2O. The molecule has 2 N–H and O–H groups in total. The van der Waals surface area contributed by atoms with Gasteiger partial charge in [-0.15, -0.1) is 0 Å². The number of halogens is 2. The maximum atomic E-state index is 12.7. The van der Waals surface area contributed by atoms with Crippen LogP contribution in [0, 0.1) is 0 Å². The largest absolute Gasteiger partial charge is 0.361 e. The molecule has 0 saturated carbocycles. The number of benzene rings is 2. The summed E-state index contributed by atoms with van der Waals surface area (Å²) in [7, 11) is 0. The molecule has 1 aromatic heterocycles. The smallest absolute Gasteiger partial charge is 0.221 e. The monoisotopic (exact) mass is 416 g/mol. The van der Waals surface area contributed by atoms with Crippen LogP contribution in [0.25, 0.3) is 10.9 Å². The molecular weight excluding hydrogens is 391 g/mol. The zero-order valence-electron chi connectivity index (χ0n) is 16.5. The summed E-state index contributed by atoms with van der Waals surface area (Å²) in [6.07, 6.45) is 4.22. The highest BCUT2D eigenvalue weighted by Gasteiger charge is 2.23. The van der Waals surface area contributed by atoms with Gasteiger partial charge in [-0.1, -0.05) is 61.3 Å². The Labute approximate surface area is 176 Å². The fourth-order valence-electron chi connectivity index (χ4n) is 3.58. The lowest BCUT2D eigenvalue weighted by molar-refractivity contribution is -0.121. The van der Waals surface area contributed by atoms with E-state index in [0.717, 1.165) is 34.9 Å². The van der Waals surface area contributed by atoms with Crippen molar-refractivity contribution in [3.63, 3.8) is 0 Å². The maximum Gasteiger partial charge on any atom is 0.221 e. The van der Waals surface area contributed by atoms with Crippen molar-refractivity contribution >= 4 is 40.0 Å². The first-order chi connectivity index (χ1) is 13.4. The van der Waals surface area contributed by atoms with Crippen molar-refractivity contribution in [3.05, 3.63) is 69.3 Å². The van der Waals surface area contributed by atoms with Crippen LogP contribution < -0.4 is 5.32 Å². The number of H-pyrrole nitrogens is 1. The number of nitrogens with one attached hydrogen (secondary N) is 2. The average molecular weight is 417 g/mol. The third-order valence-electron chi connectivity index (χ3n) is 5.35. The van der Waals surface area contributed by atoms with E-state index < -0.39 is 0 Å². The molecule has 3 aromatic rings. The standard InChI is InChI=1S/C23H26Cl2N2O/c1-4-14(3)27-22(28)12-18(16-9-10-20(24)21(25)11-16)19-13-26-23-15(5-2)7-6-8-17(19)23/h6-11,13-14,18,26H,4-5,12H2,1-3H3,(H,27,28)/t14-,18-/m0/s1.